The van der Waals surface area contributed by atoms with Crippen molar-refractivity contribution in [1.29, 1.82) is 0 Å². The molecule has 0 aliphatic rings. The van der Waals surface area contributed by atoms with Gasteiger partial charge in [-0.1, -0.05) is 6.07 Å². The lowest BCUT2D eigenvalue weighted by molar-refractivity contribution is 0.172. The summed E-state index contributed by atoms with van der Waals surface area (Å²) in [5.74, 6) is 0. The van der Waals surface area contributed by atoms with Crippen LogP contribution >= 0.6 is 0 Å². The topological polar surface area (TPSA) is 42.2 Å². The molecular formula is C8H11NO2. The summed E-state index contributed by atoms with van der Waals surface area (Å²) in [6.45, 7) is 2.01. The third kappa shape index (κ3) is 2.20. The summed E-state index contributed by atoms with van der Waals surface area (Å²) in [4.78, 5) is 11.0. The molecule has 0 saturated carbocycles. The van der Waals surface area contributed by atoms with Gasteiger partial charge in [0.05, 0.1) is 12.6 Å². The molecule has 0 aliphatic carbocycles. The van der Waals surface area contributed by atoms with E-state index in [0.717, 1.165) is 0 Å². The van der Waals surface area contributed by atoms with Gasteiger partial charge < -0.3 is 9.67 Å². The maximum atomic E-state index is 11.0. The zero-order chi connectivity index (χ0) is 8.27. The Hall–Kier alpha value is -1.09. The van der Waals surface area contributed by atoms with Crippen LogP contribution in [0.2, 0.25) is 0 Å². The molecule has 11 heavy (non-hydrogen) atoms. The van der Waals surface area contributed by atoms with E-state index in [-0.39, 0.29) is 5.56 Å². The molecule has 0 saturated heterocycles. The molecule has 1 aromatic heterocycles. The summed E-state index contributed by atoms with van der Waals surface area (Å²) >= 11 is 0. The van der Waals surface area contributed by atoms with Crippen LogP contribution in [0.15, 0.2) is 29.2 Å². The van der Waals surface area contributed by atoms with Crippen LogP contribution in [0.5, 0.6) is 0 Å². The molecule has 3 nitrogen and oxygen atoms in total. The number of aliphatic hydroxyl groups is 1. The van der Waals surface area contributed by atoms with Gasteiger partial charge in [-0.2, -0.15) is 0 Å². The van der Waals surface area contributed by atoms with Crippen molar-refractivity contribution in [1.82, 2.24) is 4.57 Å². The van der Waals surface area contributed by atoms with Gasteiger partial charge in [-0.05, 0) is 13.0 Å². The van der Waals surface area contributed by atoms with Crippen LogP contribution < -0.4 is 5.56 Å². The third-order valence-corrected chi connectivity index (χ3v) is 1.36. The lowest BCUT2D eigenvalue weighted by Crippen LogP contribution is -2.23. The highest BCUT2D eigenvalue weighted by atomic mass is 16.3. The number of hydrogen-bond acceptors (Lipinski definition) is 2. The maximum Gasteiger partial charge on any atom is 0.250 e. The van der Waals surface area contributed by atoms with Gasteiger partial charge >= 0.3 is 0 Å². The van der Waals surface area contributed by atoms with Gasteiger partial charge in [-0.25, -0.2) is 0 Å². The molecule has 0 radical (unpaired) electrons. The highest BCUT2D eigenvalue weighted by Gasteiger charge is 1.97. The fourth-order valence-corrected chi connectivity index (χ4v) is 0.896. The fourth-order valence-electron chi connectivity index (χ4n) is 0.896. The van der Waals surface area contributed by atoms with E-state index in [9.17, 15) is 4.79 Å². The van der Waals surface area contributed by atoms with E-state index in [1.807, 2.05) is 0 Å². The summed E-state index contributed by atoms with van der Waals surface area (Å²) < 4.78 is 1.48. The van der Waals surface area contributed by atoms with Gasteiger partial charge in [0, 0.05) is 12.3 Å². The Bertz CT molecular complexity index is 277. The molecule has 0 bridgehead atoms. The lowest BCUT2D eigenvalue weighted by Gasteiger charge is -2.05. The lowest BCUT2D eigenvalue weighted by atomic mass is 10.4. The van der Waals surface area contributed by atoms with Crippen molar-refractivity contribution in [3.63, 3.8) is 0 Å². The largest absolute Gasteiger partial charge is 0.392 e. The van der Waals surface area contributed by atoms with E-state index in [0.29, 0.717) is 6.54 Å². The van der Waals surface area contributed by atoms with Crippen LogP contribution in [-0.4, -0.2) is 15.8 Å². The smallest absolute Gasteiger partial charge is 0.250 e. The fraction of sp³-hybridized carbons (Fsp3) is 0.375. The normalized spacial score (nSPS) is 12.9. The Morgan fingerprint density at radius 3 is 2.91 bits per heavy atom. The van der Waals surface area contributed by atoms with Crippen LogP contribution in [0.1, 0.15) is 6.92 Å². The first-order valence-corrected chi connectivity index (χ1v) is 3.53. The zero-order valence-electron chi connectivity index (χ0n) is 6.40. The zero-order valence-corrected chi connectivity index (χ0v) is 6.40. The van der Waals surface area contributed by atoms with Gasteiger partial charge in [0.25, 0.3) is 5.56 Å². The van der Waals surface area contributed by atoms with Gasteiger partial charge in [0.2, 0.25) is 0 Å². The average molecular weight is 153 g/mol. The second-order valence-corrected chi connectivity index (χ2v) is 2.54. The second-order valence-electron chi connectivity index (χ2n) is 2.54. The minimum Gasteiger partial charge on any atom is -0.392 e. The van der Waals surface area contributed by atoms with E-state index in [1.165, 1.54) is 10.6 Å². The molecular weight excluding hydrogens is 142 g/mol. The van der Waals surface area contributed by atoms with Crippen molar-refractivity contribution in [2.45, 2.75) is 19.6 Å². The van der Waals surface area contributed by atoms with Crippen molar-refractivity contribution in [2.75, 3.05) is 0 Å². The van der Waals surface area contributed by atoms with Crippen molar-refractivity contribution in [2.24, 2.45) is 0 Å². The first-order valence-electron chi connectivity index (χ1n) is 3.53. The quantitative estimate of drug-likeness (QED) is 0.660. The Labute approximate surface area is 64.9 Å². The molecule has 60 valence electrons. The standard InChI is InChI=1S/C8H11NO2/c1-7(10)6-9-5-3-2-4-8(9)11/h2-5,7,10H,6H2,1H3/t7-/m1/s1. The number of aromatic nitrogens is 1. The number of hydrogen-bond donors (Lipinski definition) is 1. The molecule has 0 fully saturated rings. The summed E-state index contributed by atoms with van der Waals surface area (Å²) in [6.07, 6.45) is 1.18. The summed E-state index contributed by atoms with van der Waals surface area (Å²) in [6, 6.07) is 4.92. The molecule has 1 atom stereocenters. The second kappa shape index (κ2) is 3.34. The first-order chi connectivity index (χ1) is 5.20. The SMILES string of the molecule is C[C@@H](O)Cn1ccccc1=O. The maximum absolute atomic E-state index is 11.0. The Morgan fingerprint density at radius 1 is 1.64 bits per heavy atom. The molecule has 0 aromatic carbocycles. The van der Waals surface area contributed by atoms with Crippen LogP contribution in [0.4, 0.5) is 0 Å². The monoisotopic (exact) mass is 153 g/mol. The number of nitrogens with zero attached hydrogens (tertiary/aromatic N) is 1. The predicted octanol–water partition coefficient (Wildman–Crippen LogP) is 0.229. The van der Waals surface area contributed by atoms with Gasteiger partial charge in [-0.15, -0.1) is 0 Å². The van der Waals surface area contributed by atoms with Crippen LogP contribution in [-0.2, 0) is 6.54 Å². The summed E-state index contributed by atoms with van der Waals surface area (Å²) in [5, 5.41) is 8.97. The average Bonchev–Trinajstić information content (AvgIpc) is 1.93. The molecule has 1 N–H and O–H groups in total. The molecule has 1 rings (SSSR count). The Balaban J connectivity index is 2.87. The highest BCUT2D eigenvalue weighted by molar-refractivity contribution is 4.93. The number of pyridine rings is 1. The van der Waals surface area contributed by atoms with Crippen molar-refractivity contribution in [3.05, 3.63) is 34.7 Å². The van der Waals surface area contributed by atoms with E-state index in [1.54, 1.807) is 25.3 Å². The van der Waals surface area contributed by atoms with E-state index >= 15 is 0 Å². The molecule has 0 spiro atoms. The van der Waals surface area contributed by atoms with E-state index in [4.69, 9.17) is 5.11 Å². The predicted molar refractivity (Wildman–Crippen MR) is 42.4 cm³/mol. The molecule has 3 heteroatoms. The Morgan fingerprint density at radius 2 is 2.36 bits per heavy atom. The van der Waals surface area contributed by atoms with E-state index < -0.39 is 6.10 Å². The molecule has 0 amide bonds. The van der Waals surface area contributed by atoms with E-state index in [2.05, 4.69) is 0 Å². The van der Waals surface area contributed by atoms with Crippen molar-refractivity contribution < 1.29 is 5.11 Å². The molecule has 1 aromatic rings. The molecule has 0 unspecified atom stereocenters. The number of aliphatic hydroxyl groups excluding tert-OH is 1. The molecule has 0 aliphatic heterocycles. The van der Waals surface area contributed by atoms with Gasteiger partial charge in [0.15, 0.2) is 0 Å². The van der Waals surface area contributed by atoms with Crippen molar-refractivity contribution >= 4 is 0 Å². The third-order valence-electron chi connectivity index (χ3n) is 1.36. The van der Waals surface area contributed by atoms with Gasteiger partial charge in [-0.3, -0.25) is 4.79 Å². The van der Waals surface area contributed by atoms with Crippen LogP contribution in [0, 0.1) is 0 Å². The van der Waals surface area contributed by atoms with Crippen LogP contribution in [0.25, 0.3) is 0 Å². The highest BCUT2D eigenvalue weighted by Crippen LogP contribution is 1.86. The van der Waals surface area contributed by atoms with Crippen LogP contribution in [0.3, 0.4) is 0 Å². The Kier molecular flexibility index (Phi) is 2.44. The minimum atomic E-state index is -0.477. The first kappa shape index (κ1) is 8.01. The van der Waals surface area contributed by atoms with Crippen molar-refractivity contribution in [3.8, 4) is 0 Å². The van der Waals surface area contributed by atoms with Gasteiger partial charge in [0.1, 0.15) is 0 Å². The molecule has 1 heterocycles. The minimum absolute atomic E-state index is 0.0756. The summed E-state index contributed by atoms with van der Waals surface area (Å²) in [7, 11) is 0. The summed E-state index contributed by atoms with van der Waals surface area (Å²) in [5.41, 5.74) is -0.0756. The number of rotatable bonds is 2.